The lowest BCUT2D eigenvalue weighted by Gasteiger charge is -2.24. The second kappa shape index (κ2) is 4.97. The van der Waals surface area contributed by atoms with Gasteiger partial charge in [-0.2, -0.15) is 0 Å². The van der Waals surface area contributed by atoms with E-state index >= 15 is 0 Å². The summed E-state index contributed by atoms with van der Waals surface area (Å²) in [5.41, 5.74) is 2.14. The molecule has 3 heteroatoms. The smallest absolute Gasteiger partial charge is 0.0607 e. The van der Waals surface area contributed by atoms with Gasteiger partial charge in [-0.1, -0.05) is 17.7 Å². The molecule has 0 bridgehead atoms. The Kier molecular flexibility index (Phi) is 4.14. The average Bonchev–Trinajstić information content (AvgIpc) is 2.16. The molecule has 0 aromatic heterocycles. The predicted octanol–water partition coefficient (Wildman–Crippen LogP) is 2.51. The first-order chi connectivity index (χ1) is 6.94. The third-order valence-corrected chi connectivity index (χ3v) is 2.69. The summed E-state index contributed by atoms with van der Waals surface area (Å²) in [5, 5.41) is 13.2. The maximum atomic E-state index is 9.10. The highest BCUT2D eigenvalue weighted by atomic mass is 35.5. The Bertz CT molecular complexity index is 336. The van der Waals surface area contributed by atoms with Gasteiger partial charge in [0.1, 0.15) is 0 Å². The normalized spacial score (nSPS) is 11.8. The molecule has 1 aromatic rings. The van der Waals surface area contributed by atoms with Crippen molar-refractivity contribution in [1.82, 2.24) is 5.32 Å². The highest BCUT2D eigenvalue weighted by Gasteiger charge is 2.15. The third kappa shape index (κ3) is 3.82. The van der Waals surface area contributed by atoms with E-state index in [9.17, 15) is 0 Å². The zero-order chi connectivity index (χ0) is 11.5. The molecule has 1 rings (SSSR count). The zero-order valence-electron chi connectivity index (χ0n) is 9.47. The summed E-state index contributed by atoms with van der Waals surface area (Å²) in [6.07, 6.45) is 0. The molecule has 0 aliphatic heterocycles. The second-order valence-corrected chi connectivity index (χ2v) is 4.90. The Morgan fingerprint density at radius 1 is 1.40 bits per heavy atom. The van der Waals surface area contributed by atoms with Crippen LogP contribution < -0.4 is 5.32 Å². The van der Waals surface area contributed by atoms with Crippen molar-refractivity contribution in [2.45, 2.75) is 32.9 Å². The summed E-state index contributed by atoms with van der Waals surface area (Å²) in [6, 6.07) is 5.85. The van der Waals surface area contributed by atoms with E-state index in [4.69, 9.17) is 16.7 Å². The predicted molar refractivity (Wildman–Crippen MR) is 64.2 cm³/mol. The first-order valence-electron chi connectivity index (χ1n) is 5.05. The van der Waals surface area contributed by atoms with Crippen molar-refractivity contribution < 1.29 is 5.11 Å². The lowest BCUT2D eigenvalue weighted by Crippen LogP contribution is -2.42. The van der Waals surface area contributed by atoms with Crippen molar-refractivity contribution in [2.24, 2.45) is 0 Å². The van der Waals surface area contributed by atoms with Gasteiger partial charge < -0.3 is 10.4 Å². The van der Waals surface area contributed by atoms with Crippen LogP contribution in [0.2, 0.25) is 5.02 Å². The standard InChI is InChI=1S/C12H18ClNO/c1-9-6-11(13)5-4-10(9)7-14-12(2,3)8-15/h4-6,14-15H,7-8H2,1-3H3. The summed E-state index contributed by atoms with van der Waals surface area (Å²) >= 11 is 5.87. The molecule has 15 heavy (non-hydrogen) atoms. The molecule has 2 nitrogen and oxygen atoms in total. The van der Waals surface area contributed by atoms with Gasteiger partial charge in [-0.05, 0) is 44.0 Å². The van der Waals surface area contributed by atoms with Gasteiger partial charge in [0.25, 0.3) is 0 Å². The van der Waals surface area contributed by atoms with E-state index in [-0.39, 0.29) is 12.1 Å². The molecule has 84 valence electrons. The molecule has 0 unspecified atom stereocenters. The third-order valence-electron chi connectivity index (χ3n) is 2.46. The lowest BCUT2D eigenvalue weighted by atomic mass is 10.0. The fourth-order valence-electron chi connectivity index (χ4n) is 1.25. The number of hydrogen-bond acceptors (Lipinski definition) is 2. The van der Waals surface area contributed by atoms with Crippen LogP contribution in [0.1, 0.15) is 25.0 Å². The van der Waals surface area contributed by atoms with Gasteiger partial charge >= 0.3 is 0 Å². The Morgan fingerprint density at radius 3 is 2.60 bits per heavy atom. The molecule has 0 atom stereocenters. The maximum Gasteiger partial charge on any atom is 0.0607 e. The molecule has 0 amide bonds. The fraction of sp³-hybridized carbons (Fsp3) is 0.500. The Morgan fingerprint density at radius 2 is 2.07 bits per heavy atom. The SMILES string of the molecule is Cc1cc(Cl)ccc1CNC(C)(C)CO. The number of aliphatic hydroxyl groups is 1. The van der Waals surface area contributed by atoms with Gasteiger partial charge in [0.15, 0.2) is 0 Å². The van der Waals surface area contributed by atoms with Gasteiger partial charge in [0.05, 0.1) is 6.61 Å². The summed E-state index contributed by atoms with van der Waals surface area (Å²) in [4.78, 5) is 0. The minimum absolute atomic E-state index is 0.125. The van der Waals surface area contributed by atoms with Crippen molar-refractivity contribution in [2.75, 3.05) is 6.61 Å². The van der Waals surface area contributed by atoms with Crippen LogP contribution in [-0.4, -0.2) is 17.3 Å². The molecular weight excluding hydrogens is 210 g/mol. The van der Waals surface area contributed by atoms with Crippen molar-refractivity contribution in [3.05, 3.63) is 34.3 Å². The Balaban J connectivity index is 2.66. The molecule has 0 aliphatic rings. The van der Waals surface area contributed by atoms with Crippen molar-refractivity contribution >= 4 is 11.6 Å². The number of aliphatic hydroxyl groups excluding tert-OH is 1. The molecular formula is C12H18ClNO. The van der Waals surface area contributed by atoms with E-state index in [0.717, 1.165) is 11.6 Å². The fourth-order valence-corrected chi connectivity index (χ4v) is 1.47. The van der Waals surface area contributed by atoms with E-state index in [1.165, 1.54) is 11.1 Å². The minimum Gasteiger partial charge on any atom is -0.394 e. The second-order valence-electron chi connectivity index (χ2n) is 4.47. The highest BCUT2D eigenvalue weighted by molar-refractivity contribution is 6.30. The quantitative estimate of drug-likeness (QED) is 0.829. The number of halogens is 1. The molecule has 0 aliphatic carbocycles. The first kappa shape index (κ1) is 12.5. The number of nitrogens with one attached hydrogen (secondary N) is 1. The summed E-state index contributed by atoms with van der Waals surface area (Å²) in [5.74, 6) is 0. The summed E-state index contributed by atoms with van der Waals surface area (Å²) < 4.78 is 0. The van der Waals surface area contributed by atoms with Crippen LogP contribution in [0.5, 0.6) is 0 Å². The van der Waals surface area contributed by atoms with Crippen LogP contribution in [0.25, 0.3) is 0 Å². The number of benzene rings is 1. The van der Waals surface area contributed by atoms with E-state index < -0.39 is 0 Å². The Labute approximate surface area is 96.3 Å². The lowest BCUT2D eigenvalue weighted by molar-refractivity contribution is 0.187. The molecule has 0 heterocycles. The van der Waals surface area contributed by atoms with Crippen LogP contribution in [0.4, 0.5) is 0 Å². The summed E-state index contributed by atoms with van der Waals surface area (Å²) in [6.45, 7) is 6.85. The largest absolute Gasteiger partial charge is 0.394 e. The average molecular weight is 228 g/mol. The first-order valence-corrected chi connectivity index (χ1v) is 5.43. The Hall–Kier alpha value is -0.570. The molecule has 0 saturated carbocycles. The van der Waals surface area contributed by atoms with Gasteiger partial charge in [-0.3, -0.25) is 0 Å². The molecule has 0 spiro atoms. The van der Waals surface area contributed by atoms with Crippen LogP contribution in [0, 0.1) is 6.92 Å². The van der Waals surface area contributed by atoms with Crippen LogP contribution in [0.3, 0.4) is 0 Å². The van der Waals surface area contributed by atoms with Gasteiger partial charge in [0, 0.05) is 17.1 Å². The molecule has 0 saturated heterocycles. The topological polar surface area (TPSA) is 32.3 Å². The van der Waals surface area contributed by atoms with E-state index in [1.807, 2.05) is 39.0 Å². The van der Waals surface area contributed by atoms with E-state index in [1.54, 1.807) is 0 Å². The molecule has 2 N–H and O–H groups in total. The zero-order valence-corrected chi connectivity index (χ0v) is 10.2. The van der Waals surface area contributed by atoms with Crippen molar-refractivity contribution in [3.63, 3.8) is 0 Å². The number of rotatable bonds is 4. The minimum atomic E-state index is -0.244. The maximum absolute atomic E-state index is 9.10. The van der Waals surface area contributed by atoms with Crippen LogP contribution >= 0.6 is 11.6 Å². The monoisotopic (exact) mass is 227 g/mol. The molecule has 0 radical (unpaired) electrons. The van der Waals surface area contributed by atoms with Crippen molar-refractivity contribution in [1.29, 1.82) is 0 Å². The van der Waals surface area contributed by atoms with Crippen molar-refractivity contribution in [3.8, 4) is 0 Å². The number of hydrogen-bond donors (Lipinski definition) is 2. The van der Waals surface area contributed by atoms with E-state index in [2.05, 4.69) is 5.32 Å². The molecule has 1 aromatic carbocycles. The van der Waals surface area contributed by atoms with Gasteiger partial charge in [0.2, 0.25) is 0 Å². The van der Waals surface area contributed by atoms with Gasteiger partial charge in [-0.25, -0.2) is 0 Å². The van der Waals surface area contributed by atoms with Gasteiger partial charge in [-0.15, -0.1) is 0 Å². The van der Waals surface area contributed by atoms with Crippen LogP contribution in [-0.2, 0) is 6.54 Å². The summed E-state index contributed by atoms with van der Waals surface area (Å²) in [7, 11) is 0. The number of aryl methyl sites for hydroxylation is 1. The highest BCUT2D eigenvalue weighted by Crippen LogP contribution is 2.15. The molecule has 0 fully saturated rings. The van der Waals surface area contributed by atoms with Crippen LogP contribution in [0.15, 0.2) is 18.2 Å². The van der Waals surface area contributed by atoms with E-state index in [0.29, 0.717) is 0 Å².